The molecule has 1 saturated carbocycles. The van der Waals surface area contributed by atoms with Crippen LogP contribution in [0.3, 0.4) is 0 Å². The van der Waals surface area contributed by atoms with E-state index in [0.29, 0.717) is 13.1 Å². The van der Waals surface area contributed by atoms with Gasteiger partial charge in [0.05, 0.1) is 12.0 Å². The van der Waals surface area contributed by atoms with E-state index >= 15 is 0 Å². The predicted octanol–water partition coefficient (Wildman–Crippen LogP) is 1.83. The molecule has 0 spiro atoms. The summed E-state index contributed by atoms with van der Waals surface area (Å²) in [6, 6.07) is 8.48. The number of rotatable bonds is 4. The van der Waals surface area contributed by atoms with Gasteiger partial charge in [0.2, 0.25) is 5.91 Å². The average molecular weight is 371 g/mol. The number of carbonyl (C=O) groups excluding carboxylic acids is 1. The molecule has 3 aliphatic rings. The molecule has 1 aromatic carbocycles. The first kappa shape index (κ1) is 18.3. The number of hydrogen-bond acceptors (Lipinski definition) is 4. The van der Waals surface area contributed by atoms with Crippen LogP contribution in [0, 0.1) is 18.3 Å². The first-order chi connectivity index (χ1) is 13.0. The van der Waals surface area contributed by atoms with Crippen molar-refractivity contribution in [3.8, 4) is 0 Å². The van der Waals surface area contributed by atoms with Crippen molar-refractivity contribution >= 4 is 17.6 Å². The molecule has 6 heteroatoms. The Bertz CT molecular complexity index is 729. The number of piperazine rings is 1. The summed E-state index contributed by atoms with van der Waals surface area (Å²) in [6.45, 7) is 6.88. The second-order valence-corrected chi connectivity index (χ2v) is 8.43. The van der Waals surface area contributed by atoms with Gasteiger partial charge in [-0.25, -0.2) is 0 Å². The van der Waals surface area contributed by atoms with Crippen LogP contribution < -0.4 is 4.90 Å². The average Bonchev–Trinajstić information content (AvgIpc) is 3.20. The number of amides is 1. The lowest BCUT2D eigenvalue weighted by Gasteiger charge is -2.37. The molecule has 0 bridgehead atoms. The van der Waals surface area contributed by atoms with Crippen LogP contribution in [0.25, 0.3) is 0 Å². The van der Waals surface area contributed by atoms with Gasteiger partial charge >= 0.3 is 5.97 Å². The molecule has 1 aliphatic carbocycles. The molecule has 2 heterocycles. The molecule has 27 heavy (non-hydrogen) atoms. The quantitative estimate of drug-likeness (QED) is 0.875. The summed E-state index contributed by atoms with van der Waals surface area (Å²) in [5.41, 5.74) is 1.86. The molecule has 4 rings (SSSR count). The summed E-state index contributed by atoms with van der Waals surface area (Å²) < 4.78 is 0. The van der Waals surface area contributed by atoms with Crippen molar-refractivity contribution in [2.75, 3.05) is 50.7 Å². The Labute approximate surface area is 160 Å². The number of benzene rings is 1. The highest BCUT2D eigenvalue weighted by Crippen LogP contribution is 2.48. The molecule has 0 radical (unpaired) electrons. The topological polar surface area (TPSA) is 64.1 Å². The summed E-state index contributed by atoms with van der Waals surface area (Å²) in [6.07, 6.45) is 2.73. The lowest BCUT2D eigenvalue weighted by atomic mass is 9.81. The van der Waals surface area contributed by atoms with Crippen LogP contribution >= 0.6 is 0 Å². The van der Waals surface area contributed by atoms with Crippen molar-refractivity contribution in [1.82, 2.24) is 9.80 Å². The molecule has 2 saturated heterocycles. The largest absolute Gasteiger partial charge is 0.481 e. The summed E-state index contributed by atoms with van der Waals surface area (Å²) in [5.74, 6) is -0.327. The standard InChI is InChI=1S/C21H29N3O3/c1-16-4-2-6-18(12-16)23-8-10-24(11-9-23)19(25)14-22-13-17-5-3-7-21(17,15-22)20(26)27/h2,4,6,12,17H,3,5,7-11,13-15H2,1H3,(H,26,27)/t17-,21+/m0/s1. The molecule has 0 unspecified atom stereocenters. The van der Waals surface area contributed by atoms with Crippen molar-refractivity contribution < 1.29 is 14.7 Å². The molecule has 1 N–H and O–H groups in total. The number of nitrogens with zero attached hydrogens (tertiary/aromatic N) is 3. The third kappa shape index (κ3) is 3.43. The van der Waals surface area contributed by atoms with Crippen molar-refractivity contribution in [2.45, 2.75) is 26.2 Å². The molecule has 2 aliphatic heterocycles. The number of aliphatic carboxylic acids is 1. The molecule has 0 aromatic heterocycles. The minimum absolute atomic E-state index is 0.138. The highest BCUT2D eigenvalue weighted by Gasteiger charge is 2.54. The number of carbonyl (C=O) groups is 2. The number of carboxylic acid groups (broad SMARTS) is 1. The molecule has 146 valence electrons. The monoisotopic (exact) mass is 371 g/mol. The smallest absolute Gasteiger partial charge is 0.311 e. The van der Waals surface area contributed by atoms with Crippen molar-refractivity contribution in [2.24, 2.45) is 11.3 Å². The number of fused-ring (bicyclic) bond motifs is 1. The Morgan fingerprint density at radius 2 is 2.00 bits per heavy atom. The van der Waals surface area contributed by atoms with Gasteiger partial charge in [0.1, 0.15) is 0 Å². The second-order valence-electron chi connectivity index (χ2n) is 8.43. The van der Waals surface area contributed by atoms with Gasteiger partial charge in [-0.15, -0.1) is 0 Å². The van der Waals surface area contributed by atoms with Crippen molar-refractivity contribution in [1.29, 1.82) is 0 Å². The van der Waals surface area contributed by atoms with Gasteiger partial charge < -0.3 is 14.9 Å². The van der Waals surface area contributed by atoms with Crippen LogP contribution in [-0.2, 0) is 9.59 Å². The van der Waals surface area contributed by atoms with Gasteiger partial charge in [0.15, 0.2) is 0 Å². The fraction of sp³-hybridized carbons (Fsp3) is 0.619. The minimum Gasteiger partial charge on any atom is -0.481 e. The van der Waals surface area contributed by atoms with E-state index in [1.165, 1.54) is 11.3 Å². The van der Waals surface area contributed by atoms with E-state index < -0.39 is 11.4 Å². The summed E-state index contributed by atoms with van der Waals surface area (Å²) >= 11 is 0. The summed E-state index contributed by atoms with van der Waals surface area (Å²) in [4.78, 5) is 30.9. The number of likely N-dealkylation sites (tertiary alicyclic amines) is 1. The van der Waals surface area contributed by atoms with E-state index in [-0.39, 0.29) is 11.8 Å². The first-order valence-corrected chi connectivity index (χ1v) is 10.0. The maximum atomic E-state index is 12.8. The fourth-order valence-electron chi connectivity index (χ4n) is 5.19. The second kappa shape index (κ2) is 7.15. The van der Waals surface area contributed by atoms with Gasteiger partial charge in [0.25, 0.3) is 0 Å². The Hall–Kier alpha value is -2.08. The van der Waals surface area contributed by atoms with E-state index in [1.807, 2.05) is 4.90 Å². The Balaban J connectivity index is 1.31. The zero-order valence-corrected chi connectivity index (χ0v) is 16.1. The molecular formula is C21H29N3O3. The number of hydrogen-bond donors (Lipinski definition) is 1. The summed E-state index contributed by atoms with van der Waals surface area (Å²) in [7, 11) is 0. The minimum atomic E-state index is -0.674. The van der Waals surface area contributed by atoms with E-state index in [2.05, 4.69) is 41.0 Å². The van der Waals surface area contributed by atoms with Gasteiger partial charge in [-0.1, -0.05) is 18.6 Å². The number of carboxylic acids is 1. The van der Waals surface area contributed by atoms with Crippen molar-refractivity contribution in [3.63, 3.8) is 0 Å². The zero-order chi connectivity index (χ0) is 19.0. The normalized spacial score (nSPS) is 28.4. The first-order valence-electron chi connectivity index (χ1n) is 10.0. The highest BCUT2D eigenvalue weighted by atomic mass is 16.4. The number of aryl methyl sites for hydroxylation is 1. The highest BCUT2D eigenvalue weighted by molar-refractivity contribution is 5.80. The van der Waals surface area contributed by atoms with Crippen LogP contribution in [0.4, 0.5) is 5.69 Å². The van der Waals surface area contributed by atoms with Gasteiger partial charge in [-0.2, -0.15) is 0 Å². The van der Waals surface area contributed by atoms with Crippen molar-refractivity contribution in [3.05, 3.63) is 29.8 Å². The van der Waals surface area contributed by atoms with Gasteiger partial charge in [-0.3, -0.25) is 14.5 Å². The molecule has 2 atom stereocenters. The fourth-order valence-corrected chi connectivity index (χ4v) is 5.19. The lowest BCUT2D eigenvalue weighted by molar-refractivity contribution is -0.149. The third-order valence-electron chi connectivity index (χ3n) is 6.73. The molecule has 1 aromatic rings. The van der Waals surface area contributed by atoms with Gasteiger partial charge in [-0.05, 0) is 43.4 Å². The molecule has 6 nitrogen and oxygen atoms in total. The van der Waals surface area contributed by atoms with Crippen LogP contribution in [0.1, 0.15) is 24.8 Å². The zero-order valence-electron chi connectivity index (χ0n) is 16.1. The van der Waals surface area contributed by atoms with Crippen LogP contribution in [0.5, 0.6) is 0 Å². The number of anilines is 1. The van der Waals surface area contributed by atoms with E-state index in [0.717, 1.165) is 52.0 Å². The SMILES string of the molecule is Cc1cccc(N2CCN(C(=O)CN3C[C@@H]4CCC[C@@]4(C(=O)O)C3)CC2)c1. The van der Waals surface area contributed by atoms with E-state index in [1.54, 1.807) is 0 Å². The van der Waals surface area contributed by atoms with Gasteiger partial charge in [0, 0.05) is 45.0 Å². The Morgan fingerprint density at radius 1 is 1.22 bits per heavy atom. The predicted molar refractivity (Wildman–Crippen MR) is 104 cm³/mol. The van der Waals surface area contributed by atoms with E-state index in [9.17, 15) is 14.7 Å². The third-order valence-corrected chi connectivity index (χ3v) is 6.73. The summed E-state index contributed by atoms with van der Waals surface area (Å²) in [5, 5.41) is 9.70. The molecule has 1 amide bonds. The van der Waals surface area contributed by atoms with Crippen LogP contribution in [-0.4, -0.2) is 72.6 Å². The molecular weight excluding hydrogens is 342 g/mol. The van der Waals surface area contributed by atoms with E-state index in [4.69, 9.17) is 0 Å². The van der Waals surface area contributed by atoms with Crippen LogP contribution in [0.2, 0.25) is 0 Å². The van der Waals surface area contributed by atoms with Crippen LogP contribution in [0.15, 0.2) is 24.3 Å². The lowest BCUT2D eigenvalue weighted by Crippen LogP contribution is -2.51. The Morgan fingerprint density at radius 3 is 2.67 bits per heavy atom. The Kier molecular flexibility index (Phi) is 4.84. The maximum Gasteiger partial charge on any atom is 0.311 e. The maximum absolute atomic E-state index is 12.8. The molecule has 3 fully saturated rings.